The first-order valence-electron chi connectivity index (χ1n) is 6.14. The van der Waals surface area contributed by atoms with Crippen LogP contribution in [0.25, 0.3) is 0 Å². The molecule has 0 saturated carbocycles. The van der Waals surface area contributed by atoms with Crippen LogP contribution in [0.1, 0.15) is 12.5 Å². The molecule has 1 unspecified atom stereocenters. The number of aliphatic hydroxyl groups is 1. The van der Waals surface area contributed by atoms with Gasteiger partial charge in [0.05, 0.1) is 13.2 Å². The molecule has 106 valence electrons. The maximum Gasteiger partial charge on any atom is 0.407 e. The Balaban J connectivity index is 2.31. The Morgan fingerprint density at radius 3 is 2.63 bits per heavy atom. The molecular weight excluding hydrogens is 246 g/mol. The van der Waals surface area contributed by atoms with Crippen molar-refractivity contribution < 1.29 is 19.4 Å². The Morgan fingerprint density at radius 2 is 2.05 bits per heavy atom. The second-order valence-corrected chi connectivity index (χ2v) is 4.82. The molecule has 1 aromatic rings. The molecule has 19 heavy (non-hydrogen) atoms. The number of nitrogens with one attached hydrogen (secondary N) is 1. The van der Waals surface area contributed by atoms with Gasteiger partial charge in [0.1, 0.15) is 6.61 Å². The van der Waals surface area contributed by atoms with Crippen molar-refractivity contribution in [2.45, 2.75) is 13.5 Å². The average Bonchev–Trinajstić information content (AvgIpc) is 2.44. The summed E-state index contributed by atoms with van der Waals surface area (Å²) in [5, 5.41) is 11.9. The van der Waals surface area contributed by atoms with E-state index < -0.39 is 11.5 Å². The standard InChI is InChI=1S/C14H21NO4/c1-14(10-16,11-18-2)9-15-13(17)19-8-12-6-4-3-5-7-12/h3-7,16H,8-11H2,1-2H3,(H,15,17). The highest BCUT2D eigenvalue weighted by molar-refractivity contribution is 5.67. The summed E-state index contributed by atoms with van der Waals surface area (Å²) in [6.07, 6.45) is -0.500. The molecular formula is C14H21NO4. The van der Waals surface area contributed by atoms with E-state index in [0.717, 1.165) is 5.56 Å². The summed E-state index contributed by atoms with van der Waals surface area (Å²) in [5.74, 6) is 0. The van der Waals surface area contributed by atoms with Crippen LogP contribution in [0.15, 0.2) is 30.3 Å². The van der Waals surface area contributed by atoms with Gasteiger partial charge in [0, 0.05) is 19.1 Å². The zero-order chi connectivity index (χ0) is 14.1. The van der Waals surface area contributed by atoms with Crippen molar-refractivity contribution in [1.82, 2.24) is 5.32 Å². The molecule has 0 aliphatic heterocycles. The van der Waals surface area contributed by atoms with Crippen LogP contribution in [-0.2, 0) is 16.1 Å². The zero-order valence-corrected chi connectivity index (χ0v) is 11.4. The number of amides is 1. The lowest BCUT2D eigenvalue weighted by Crippen LogP contribution is -2.41. The Hall–Kier alpha value is -1.59. The van der Waals surface area contributed by atoms with E-state index in [-0.39, 0.29) is 13.2 Å². The molecule has 1 rings (SSSR count). The van der Waals surface area contributed by atoms with Gasteiger partial charge in [-0.25, -0.2) is 4.79 Å². The Kier molecular flexibility index (Phi) is 6.32. The molecule has 1 amide bonds. The number of ether oxygens (including phenoxy) is 2. The second kappa shape index (κ2) is 7.76. The molecule has 0 aliphatic rings. The first-order valence-corrected chi connectivity index (χ1v) is 6.14. The quantitative estimate of drug-likeness (QED) is 0.786. The van der Waals surface area contributed by atoms with Crippen molar-refractivity contribution in [3.05, 3.63) is 35.9 Å². The highest BCUT2D eigenvalue weighted by atomic mass is 16.5. The fourth-order valence-electron chi connectivity index (χ4n) is 1.56. The lowest BCUT2D eigenvalue weighted by Gasteiger charge is -2.26. The number of carbonyl (C=O) groups is 1. The smallest absolute Gasteiger partial charge is 0.407 e. The highest BCUT2D eigenvalue weighted by Gasteiger charge is 2.24. The van der Waals surface area contributed by atoms with Crippen LogP contribution in [0.4, 0.5) is 4.79 Å². The van der Waals surface area contributed by atoms with E-state index in [4.69, 9.17) is 9.47 Å². The minimum absolute atomic E-state index is 0.0696. The molecule has 5 heteroatoms. The van der Waals surface area contributed by atoms with Crippen LogP contribution >= 0.6 is 0 Å². The van der Waals surface area contributed by atoms with Crippen LogP contribution in [0, 0.1) is 5.41 Å². The first kappa shape index (κ1) is 15.5. The third kappa shape index (κ3) is 5.72. The predicted molar refractivity (Wildman–Crippen MR) is 71.7 cm³/mol. The van der Waals surface area contributed by atoms with Gasteiger partial charge in [-0.2, -0.15) is 0 Å². The number of methoxy groups -OCH3 is 1. The molecule has 2 N–H and O–H groups in total. The van der Waals surface area contributed by atoms with Gasteiger partial charge in [-0.15, -0.1) is 0 Å². The first-order chi connectivity index (χ1) is 9.09. The third-order valence-corrected chi connectivity index (χ3v) is 2.75. The van der Waals surface area contributed by atoms with Crippen LogP contribution < -0.4 is 5.32 Å². The fourth-order valence-corrected chi connectivity index (χ4v) is 1.56. The summed E-state index contributed by atoms with van der Waals surface area (Å²) in [5.41, 5.74) is 0.431. The summed E-state index contributed by atoms with van der Waals surface area (Å²) >= 11 is 0. The van der Waals surface area contributed by atoms with Gasteiger partial charge in [0.25, 0.3) is 0 Å². The largest absolute Gasteiger partial charge is 0.445 e. The van der Waals surface area contributed by atoms with E-state index in [0.29, 0.717) is 13.2 Å². The summed E-state index contributed by atoms with van der Waals surface area (Å²) in [4.78, 5) is 11.5. The van der Waals surface area contributed by atoms with E-state index in [1.165, 1.54) is 0 Å². The minimum Gasteiger partial charge on any atom is -0.445 e. The van der Waals surface area contributed by atoms with Gasteiger partial charge in [0.15, 0.2) is 0 Å². The van der Waals surface area contributed by atoms with Crippen LogP contribution in [0.5, 0.6) is 0 Å². The number of alkyl carbamates (subject to hydrolysis) is 1. The molecule has 0 radical (unpaired) electrons. The van der Waals surface area contributed by atoms with Crippen LogP contribution in [0.3, 0.4) is 0 Å². The van der Waals surface area contributed by atoms with Crippen molar-refractivity contribution in [2.24, 2.45) is 5.41 Å². The predicted octanol–water partition coefficient (Wildman–Crippen LogP) is 1.56. The number of hydrogen-bond acceptors (Lipinski definition) is 4. The van der Waals surface area contributed by atoms with Gasteiger partial charge < -0.3 is 19.9 Å². The fraction of sp³-hybridized carbons (Fsp3) is 0.500. The van der Waals surface area contributed by atoms with E-state index >= 15 is 0 Å². The van der Waals surface area contributed by atoms with Crippen LogP contribution in [-0.4, -0.2) is 38.1 Å². The van der Waals surface area contributed by atoms with Crippen molar-refractivity contribution in [3.8, 4) is 0 Å². The van der Waals surface area contributed by atoms with E-state index in [2.05, 4.69) is 5.32 Å². The molecule has 0 aliphatic carbocycles. The maximum absolute atomic E-state index is 11.5. The molecule has 0 saturated heterocycles. The number of aliphatic hydroxyl groups excluding tert-OH is 1. The molecule has 0 heterocycles. The molecule has 0 aromatic heterocycles. The molecule has 1 atom stereocenters. The number of hydrogen-bond donors (Lipinski definition) is 2. The minimum atomic E-state index is -0.500. The summed E-state index contributed by atoms with van der Waals surface area (Å²) < 4.78 is 10.1. The monoisotopic (exact) mass is 267 g/mol. The lowest BCUT2D eigenvalue weighted by molar-refractivity contribution is 0.0410. The van der Waals surface area contributed by atoms with Gasteiger partial charge in [0.2, 0.25) is 0 Å². The Bertz CT molecular complexity index is 382. The van der Waals surface area contributed by atoms with E-state index in [1.807, 2.05) is 37.3 Å². The molecule has 1 aromatic carbocycles. The third-order valence-electron chi connectivity index (χ3n) is 2.75. The highest BCUT2D eigenvalue weighted by Crippen LogP contribution is 2.14. The molecule has 0 bridgehead atoms. The Morgan fingerprint density at radius 1 is 1.37 bits per heavy atom. The van der Waals surface area contributed by atoms with Gasteiger partial charge >= 0.3 is 6.09 Å². The molecule has 5 nitrogen and oxygen atoms in total. The number of rotatable bonds is 7. The van der Waals surface area contributed by atoms with Gasteiger partial charge in [-0.05, 0) is 5.56 Å². The van der Waals surface area contributed by atoms with Gasteiger partial charge in [-0.3, -0.25) is 0 Å². The topological polar surface area (TPSA) is 67.8 Å². The number of carbonyl (C=O) groups excluding carboxylic acids is 1. The summed E-state index contributed by atoms with van der Waals surface area (Å²) in [6.45, 7) is 2.65. The summed E-state index contributed by atoms with van der Waals surface area (Å²) in [7, 11) is 1.56. The maximum atomic E-state index is 11.5. The second-order valence-electron chi connectivity index (χ2n) is 4.82. The van der Waals surface area contributed by atoms with Crippen LogP contribution in [0.2, 0.25) is 0 Å². The lowest BCUT2D eigenvalue weighted by atomic mass is 9.93. The van der Waals surface area contributed by atoms with Crippen molar-refractivity contribution in [1.29, 1.82) is 0 Å². The van der Waals surface area contributed by atoms with Crippen molar-refractivity contribution in [2.75, 3.05) is 26.9 Å². The van der Waals surface area contributed by atoms with Gasteiger partial charge in [-0.1, -0.05) is 37.3 Å². The van der Waals surface area contributed by atoms with Crippen molar-refractivity contribution in [3.63, 3.8) is 0 Å². The zero-order valence-electron chi connectivity index (χ0n) is 11.4. The summed E-state index contributed by atoms with van der Waals surface area (Å²) in [6, 6.07) is 9.45. The SMILES string of the molecule is COCC(C)(CO)CNC(=O)OCc1ccccc1. The number of benzene rings is 1. The average molecular weight is 267 g/mol. The normalized spacial score (nSPS) is 13.6. The molecule has 0 spiro atoms. The van der Waals surface area contributed by atoms with Crippen molar-refractivity contribution >= 4 is 6.09 Å². The Labute approximate surface area is 113 Å². The van der Waals surface area contributed by atoms with E-state index in [1.54, 1.807) is 7.11 Å². The molecule has 0 fully saturated rings. The van der Waals surface area contributed by atoms with E-state index in [9.17, 15) is 9.90 Å².